The number of anilines is 1. The summed E-state index contributed by atoms with van der Waals surface area (Å²) < 4.78 is 11.9. The van der Waals surface area contributed by atoms with Crippen LogP contribution in [0.15, 0.2) is 77.7 Å². The van der Waals surface area contributed by atoms with Gasteiger partial charge in [-0.2, -0.15) is 4.98 Å². The van der Waals surface area contributed by atoms with Gasteiger partial charge in [-0.1, -0.05) is 60.7 Å². The molecule has 154 valence electrons. The standard InChI is InChI=1S/C22H21N3O5/c26-13-19-29-14-18(30-19)25-12-11-17(24-22(25)28)23-21(27)20(15-7-3-1-4-8-15)16-9-5-2-6-10-16/h1-12,18-20,26H,13-14H2,(H,23,24,27,28). The minimum atomic E-state index is -0.765. The third kappa shape index (κ3) is 4.30. The molecule has 1 aliphatic heterocycles. The van der Waals surface area contributed by atoms with Crippen LogP contribution in [0.1, 0.15) is 23.3 Å². The third-order valence-corrected chi connectivity index (χ3v) is 4.80. The maximum Gasteiger partial charge on any atom is 0.351 e. The second kappa shape index (κ2) is 9.00. The number of ether oxygens (including phenoxy) is 2. The molecule has 1 fully saturated rings. The Bertz CT molecular complexity index is 1020. The molecule has 0 radical (unpaired) electrons. The first-order valence-electron chi connectivity index (χ1n) is 9.53. The molecule has 2 N–H and O–H groups in total. The summed E-state index contributed by atoms with van der Waals surface area (Å²) >= 11 is 0. The smallest absolute Gasteiger partial charge is 0.351 e. The van der Waals surface area contributed by atoms with Crippen molar-refractivity contribution in [3.63, 3.8) is 0 Å². The number of carbonyl (C=O) groups excluding carboxylic acids is 1. The molecule has 1 saturated heterocycles. The first-order chi connectivity index (χ1) is 14.7. The van der Waals surface area contributed by atoms with Crippen LogP contribution in [0.3, 0.4) is 0 Å². The van der Waals surface area contributed by atoms with Gasteiger partial charge < -0.3 is 19.9 Å². The highest BCUT2D eigenvalue weighted by Gasteiger charge is 2.28. The van der Waals surface area contributed by atoms with Gasteiger partial charge in [0.1, 0.15) is 5.82 Å². The van der Waals surface area contributed by atoms with Crippen LogP contribution < -0.4 is 11.0 Å². The van der Waals surface area contributed by atoms with Crippen molar-refractivity contribution in [1.82, 2.24) is 9.55 Å². The third-order valence-electron chi connectivity index (χ3n) is 4.80. The molecule has 0 spiro atoms. The Morgan fingerprint density at radius 2 is 1.73 bits per heavy atom. The van der Waals surface area contributed by atoms with Crippen molar-refractivity contribution >= 4 is 11.7 Å². The number of hydrogen-bond acceptors (Lipinski definition) is 6. The first-order valence-corrected chi connectivity index (χ1v) is 9.53. The minimum absolute atomic E-state index is 0.128. The Kier molecular flexibility index (Phi) is 5.99. The van der Waals surface area contributed by atoms with Gasteiger partial charge in [0, 0.05) is 6.20 Å². The number of hydrogen-bond donors (Lipinski definition) is 2. The van der Waals surface area contributed by atoms with Crippen LogP contribution >= 0.6 is 0 Å². The molecule has 4 rings (SSSR count). The van der Waals surface area contributed by atoms with Crippen LogP contribution in [0.25, 0.3) is 0 Å². The van der Waals surface area contributed by atoms with E-state index in [1.54, 1.807) is 0 Å². The Hall–Kier alpha value is -3.33. The van der Waals surface area contributed by atoms with E-state index < -0.39 is 24.1 Å². The number of amides is 1. The maximum atomic E-state index is 13.1. The van der Waals surface area contributed by atoms with Gasteiger partial charge in [-0.05, 0) is 17.2 Å². The quantitative estimate of drug-likeness (QED) is 0.647. The fraction of sp³-hybridized carbons (Fsp3) is 0.227. The predicted octanol–water partition coefficient (Wildman–Crippen LogP) is 1.88. The van der Waals surface area contributed by atoms with Crippen LogP contribution in [0.4, 0.5) is 5.82 Å². The van der Waals surface area contributed by atoms with Crippen LogP contribution in [0.2, 0.25) is 0 Å². The Balaban J connectivity index is 1.56. The highest BCUT2D eigenvalue weighted by atomic mass is 16.7. The molecular formula is C22H21N3O5. The largest absolute Gasteiger partial charge is 0.391 e. The SMILES string of the molecule is O=C(Nc1ccn(C2COC(CO)O2)c(=O)n1)C(c1ccccc1)c1ccccc1. The summed E-state index contributed by atoms with van der Waals surface area (Å²) in [6.07, 6.45) is 0.0470. The molecule has 0 aliphatic carbocycles. The molecule has 30 heavy (non-hydrogen) atoms. The second-order valence-corrected chi connectivity index (χ2v) is 6.78. The number of aliphatic hydroxyl groups excluding tert-OH is 1. The highest BCUT2D eigenvalue weighted by molar-refractivity contribution is 5.97. The van der Waals surface area contributed by atoms with Gasteiger partial charge in [0.2, 0.25) is 5.91 Å². The Morgan fingerprint density at radius 3 is 2.27 bits per heavy atom. The zero-order chi connectivity index (χ0) is 20.9. The maximum absolute atomic E-state index is 13.1. The van der Waals surface area contributed by atoms with Crippen molar-refractivity contribution in [3.8, 4) is 0 Å². The van der Waals surface area contributed by atoms with E-state index in [4.69, 9.17) is 14.6 Å². The van der Waals surface area contributed by atoms with E-state index in [0.717, 1.165) is 11.1 Å². The molecule has 1 amide bonds. The van der Waals surface area contributed by atoms with E-state index in [-0.39, 0.29) is 24.9 Å². The summed E-state index contributed by atoms with van der Waals surface area (Å²) in [5, 5.41) is 11.8. The number of benzene rings is 2. The van der Waals surface area contributed by atoms with Gasteiger partial charge in [-0.25, -0.2) is 4.79 Å². The second-order valence-electron chi connectivity index (χ2n) is 6.78. The molecule has 0 saturated carbocycles. The van der Waals surface area contributed by atoms with Gasteiger partial charge >= 0.3 is 5.69 Å². The van der Waals surface area contributed by atoms with Gasteiger partial charge in [0.05, 0.1) is 19.1 Å². The summed E-state index contributed by atoms with van der Waals surface area (Å²) in [4.78, 5) is 29.5. The van der Waals surface area contributed by atoms with Gasteiger partial charge in [-0.15, -0.1) is 0 Å². The van der Waals surface area contributed by atoms with Gasteiger partial charge in [0.15, 0.2) is 12.5 Å². The fourth-order valence-electron chi connectivity index (χ4n) is 3.37. The van der Waals surface area contributed by atoms with Crippen molar-refractivity contribution < 1.29 is 19.4 Å². The zero-order valence-corrected chi connectivity index (χ0v) is 16.0. The van der Waals surface area contributed by atoms with E-state index in [9.17, 15) is 9.59 Å². The summed E-state index contributed by atoms with van der Waals surface area (Å²) in [5.41, 5.74) is 1.08. The number of carbonyl (C=O) groups is 1. The van der Waals surface area contributed by atoms with E-state index >= 15 is 0 Å². The van der Waals surface area contributed by atoms with Gasteiger partial charge in [0.25, 0.3) is 0 Å². The first kappa shape index (κ1) is 20.0. The fourth-order valence-corrected chi connectivity index (χ4v) is 3.37. The zero-order valence-electron chi connectivity index (χ0n) is 16.0. The number of aliphatic hydroxyl groups is 1. The Morgan fingerprint density at radius 1 is 1.10 bits per heavy atom. The van der Waals surface area contributed by atoms with Crippen LogP contribution in [0, 0.1) is 0 Å². The van der Waals surface area contributed by atoms with Crippen LogP contribution in [-0.2, 0) is 14.3 Å². The van der Waals surface area contributed by atoms with Crippen molar-refractivity contribution in [2.75, 3.05) is 18.5 Å². The van der Waals surface area contributed by atoms with Crippen molar-refractivity contribution in [1.29, 1.82) is 0 Å². The minimum Gasteiger partial charge on any atom is -0.391 e. The molecule has 1 aliphatic rings. The number of nitrogens with zero attached hydrogens (tertiary/aromatic N) is 2. The predicted molar refractivity (Wildman–Crippen MR) is 109 cm³/mol. The molecule has 8 nitrogen and oxygen atoms in total. The average molecular weight is 407 g/mol. The molecule has 1 aromatic heterocycles. The molecule has 8 heteroatoms. The van der Waals surface area contributed by atoms with Crippen LogP contribution in [0.5, 0.6) is 0 Å². The molecule has 2 atom stereocenters. The lowest BCUT2D eigenvalue weighted by Crippen LogP contribution is -2.30. The lowest BCUT2D eigenvalue weighted by molar-refractivity contribution is -0.116. The summed E-state index contributed by atoms with van der Waals surface area (Å²) in [7, 11) is 0. The number of nitrogens with one attached hydrogen (secondary N) is 1. The molecule has 3 aromatic rings. The average Bonchev–Trinajstić information content (AvgIpc) is 3.24. The van der Waals surface area contributed by atoms with Gasteiger partial charge in [-0.3, -0.25) is 9.36 Å². The molecule has 2 aromatic carbocycles. The van der Waals surface area contributed by atoms with Crippen molar-refractivity contribution in [2.45, 2.75) is 18.4 Å². The van der Waals surface area contributed by atoms with E-state index in [1.807, 2.05) is 60.7 Å². The molecular weight excluding hydrogens is 386 g/mol. The van der Waals surface area contributed by atoms with E-state index in [1.165, 1.54) is 16.8 Å². The normalized spacial score (nSPS) is 18.5. The summed E-state index contributed by atoms with van der Waals surface area (Å²) in [5.74, 6) is -0.693. The topological polar surface area (TPSA) is 103 Å². The molecule has 2 unspecified atom stereocenters. The number of rotatable bonds is 6. The lowest BCUT2D eigenvalue weighted by Gasteiger charge is -2.18. The highest BCUT2D eigenvalue weighted by Crippen LogP contribution is 2.26. The van der Waals surface area contributed by atoms with Crippen molar-refractivity contribution in [2.24, 2.45) is 0 Å². The van der Waals surface area contributed by atoms with E-state index in [0.29, 0.717) is 0 Å². The van der Waals surface area contributed by atoms with E-state index in [2.05, 4.69) is 10.3 Å². The lowest BCUT2D eigenvalue weighted by atomic mass is 9.90. The Labute approximate surface area is 172 Å². The summed E-state index contributed by atoms with van der Waals surface area (Å²) in [6.45, 7) is -0.171. The molecule has 0 bridgehead atoms. The number of aromatic nitrogens is 2. The van der Waals surface area contributed by atoms with Crippen LogP contribution in [-0.4, -0.2) is 40.1 Å². The molecule has 2 heterocycles. The summed E-state index contributed by atoms with van der Waals surface area (Å²) in [6, 6.07) is 20.4. The van der Waals surface area contributed by atoms with Crippen molar-refractivity contribution in [3.05, 3.63) is 94.5 Å². The monoisotopic (exact) mass is 407 g/mol.